The lowest BCUT2D eigenvalue weighted by Crippen LogP contribution is -1.99. The van der Waals surface area contributed by atoms with E-state index in [1.165, 1.54) is 0 Å². The van der Waals surface area contributed by atoms with E-state index < -0.39 is 0 Å². The van der Waals surface area contributed by atoms with Gasteiger partial charge in [-0.05, 0) is 30.3 Å². The molecule has 2 heterocycles. The van der Waals surface area contributed by atoms with Crippen molar-refractivity contribution in [1.29, 1.82) is 0 Å². The van der Waals surface area contributed by atoms with Crippen LogP contribution in [-0.4, -0.2) is 14.6 Å². The molecule has 3 aromatic rings. The Kier molecular flexibility index (Phi) is 2.74. The molecule has 2 aromatic heterocycles. The number of fused-ring (bicyclic) bond motifs is 1. The number of halogens is 1. The number of hydrogen-bond donors (Lipinski definition) is 1. The van der Waals surface area contributed by atoms with Crippen LogP contribution in [0.3, 0.4) is 0 Å². The number of hydrogen-bond acceptors (Lipinski definition) is 3. The van der Waals surface area contributed by atoms with E-state index in [4.69, 9.17) is 17.3 Å². The molecule has 0 saturated heterocycles. The minimum absolute atomic E-state index is 0.448. The fourth-order valence-corrected chi connectivity index (χ4v) is 1.97. The summed E-state index contributed by atoms with van der Waals surface area (Å²) in [6.45, 7) is 0.448. The molecule has 5 heteroatoms. The van der Waals surface area contributed by atoms with E-state index in [-0.39, 0.29) is 0 Å². The van der Waals surface area contributed by atoms with Crippen LogP contribution < -0.4 is 5.73 Å². The number of aromatic nitrogens is 3. The van der Waals surface area contributed by atoms with Crippen molar-refractivity contribution in [3.8, 4) is 11.4 Å². The first kappa shape index (κ1) is 11.2. The summed E-state index contributed by atoms with van der Waals surface area (Å²) < 4.78 is 1.74. The zero-order chi connectivity index (χ0) is 12.5. The smallest absolute Gasteiger partial charge is 0.182 e. The van der Waals surface area contributed by atoms with Crippen LogP contribution >= 0.6 is 11.6 Å². The highest BCUT2D eigenvalue weighted by atomic mass is 35.5. The van der Waals surface area contributed by atoms with Gasteiger partial charge in [-0.25, -0.2) is 9.50 Å². The van der Waals surface area contributed by atoms with Gasteiger partial charge < -0.3 is 5.73 Å². The van der Waals surface area contributed by atoms with Crippen molar-refractivity contribution in [3.05, 3.63) is 53.2 Å². The van der Waals surface area contributed by atoms with Crippen LogP contribution in [0.15, 0.2) is 42.6 Å². The predicted octanol–water partition coefficient (Wildman–Crippen LogP) is 2.51. The second-order valence-electron chi connectivity index (χ2n) is 3.95. The molecule has 0 fully saturated rings. The molecule has 0 spiro atoms. The molecule has 0 aliphatic carbocycles. The van der Waals surface area contributed by atoms with Crippen LogP contribution in [0.25, 0.3) is 17.0 Å². The minimum Gasteiger partial charge on any atom is -0.326 e. The van der Waals surface area contributed by atoms with Crippen molar-refractivity contribution < 1.29 is 0 Å². The lowest BCUT2D eigenvalue weighted by molar-refractivity contribution is 0.944. The molecule has 0 aliphatic rings. The van der Waals surface area contributed by atoms with Gasteiger partial charge in [-0.2, -0.15) is 0 Å². The van der Waals surface area contributed by atoms with Gasteiger partial charge >= 0.3 is 0 Å². The van der Waals surface area contributed by atoms with Gasteiger partial charge in [0.05, 0.1) is 0 Å². The topological polar surface area (TPSA) is 56.2 Å². The molecule has 0 bridgehead atoms. The Bertz CT molecular complexity index is 688. The van der Waals surface area contributed by atoms with E-state index in [9.17, 15) is 0 Å². The van der Waals surface area contributed by atoms with Crippen LogP contribution in [0.2, 0.25) is 5.02 Å². The molecule has 0 aliphatic heterocycles. The summed E-state index contributed by atoms with van der Waals surface area (Å²) >= 11 is 5.86. The highest BCUT2D eigenvalue weighted by Gasteiger charge is 2.08. The van der Waals surface area contributed by atoms with Crippen molar-refractivity contribution in [2.75, 3.05) is 0 Å². The van der Waals surface area contributed by atoms with Crippen molar-refractivity contribution in [1.82, 2.24) is 14.6 Å². The third-order valence-corrected chi connectivity index (χ3v) is 3.02. The molecule has 0 amide bonds. The second-order valence-corrected chi connectivity index (χ2v) is 4.38. The van der Waals surface area contributed by atoms with E-state index in [1.807, 2.05) is 42.6 Å². The quantitative estimate of drug-likeness (QED) is 0.768. The molecular weight excluding hydrogens is 248 g/mol. The molecule has 0 radical (unpaired) electrons. The summed E-state index contributed by atoms with van der Waals surface area (Å²) in [5, 5.41) is 5.13. The number of pyridine rings is 1. The molecule has 4 nitrogen and oxygen atoms in total. The number of nitrogens with zero attached hydrogens (tertiary/aromatic N) is 3. The standard InChI is InChI=1S/C13H11ClN4/c14-11-5-3-9(4-6-11)12-16-13-10(8-15)2-1-7-18(13)17-12/h1-7H,8,15H2. The van der Waals surface area contributed by atoms with E-state index >= 15 is 0 Å². The van der Waals surface area contributed by atoms with Gasteiger partial charge in [0.2, 0.25) is 0 Å². The summed E-state index contributed by atoms with van der Waals surface area (Å²) in [5.41, 5.74) is 8.39. The Morgan fingerprint density at radius 2 is 1.94 bits per heavy atom. The van der Waals surface area contributed by atoms with Gasteiger partial charge in [0, 0.05) is 28.9 Å². The van der Waals surface area contributed by atoms with Crippen molar-refractivity contribution in [2.24, 2.45) is 5.73 Å². The minimum atomic E-state index is 0.448. The van der Waals surface area contributed by atoms with E-state index in [1.54, 1.807) is 4.52 Å². The highest BCUT2D eigenvalue weighted by Crippen LogP contribution is 2.20. The first-order chi connectivity index (χ1) is 8.78. The average molecular weight is 259 g/mol. The fourth-order valence-electron chi connectivity index (χ4n) is 1.84. The summed E-state index contributed by atoms with van der Waals surface area (Å²) in [5.74, 6) is 0.674. The summed E-state index contributed by atoms with van der Waals surface area (Å²) in [6.07, 6.45) is 1.86. The van der Waals surface area contributed by atoms with Crippen LogP contribution in [0.4, 0.5) is 0 Å². The molecule has 3 rings (SSSR count). The summed E-state index contributed by atoms with van der Waals surface area (Å²) in [6, 6.07) is 11.3. The van der Waals surface area contributed by atoms with Crippen LogP contribution in [-0.2, 0) is 6.54 Å². The van der Waals surface area contributed by atoms with Crippen LogP contribution in [0, 0.1) is 0 Å². The Balaban J connectivity index is 2.16. The van der Waals surface area contributed by atoms with Crippen LogP contribution in [0.5, 0.6) is 0 Å². The Morgan fingerprint density at radius 3 is 2.67 bits per heavy atom. The average Bonchev–Trinajstić information content (AvgIpc) is 2.83. The molecule has 90 valence electrons. The molecule has 0 unspecified atom stereocenters. The first-order valence-electron chi connectivity index (χ1n) is 5.58. The summed E-state index contributed by atoms with van der Waals surface area (Å²) in [7, 11) is 0. The van der Waals surface area contributed by atoms with Crippen LogP contribution in [0.1, 0.15) is 5.56 Å². The Hall–Kier alpha value is -1.91. The molecule has 2 N–H and O–H groups in total. The zero-order valence-electron chi connectivity index (χ0n) is 9.55. The maximum atomic E-state index is 5.86. The van der Waals surface area contributed by atoms with Gasteiger partial charge in [0.15, 0.2) is 11.5 Å². The Morgan fingerprint density at radius 1 is 1.17 bits per heavy atom. The first-order valence-corrected chi connectivity index (χ1v) is 5.96. The second kappa shape index (κ2) is 4.40. The maximum Gasteiger partial charge on any atom is 0.182 e. The van der Waals surface area contributed by atoms with Crippen molar-refractivity contribution in [3.63, 3.8) is 0 Å². The van der Waals surface area contributed by atoms with Gasteiger partial charge in [0.1, 0.15) is 0 Å². The van der Waals surface area contributed by atoms with E-state index in [0.717, 1.165) is 16.8 Å². The molecule has 18 heavy (non-hydrogen) atoms. The van der Waals surface area contributed by atoms with Crippen molar-refractivity contribution in [2.45, 2.75) is 6.54 Å². The zero-order valence-corrected chi connectivity index (χ0v) is 10.3. The largest absolute Gasteiger partial charge is 0.326 e. The molecule has 0 atom stereocenters. The monoisotopic (exact) mass is 258 g/mol. The third-order valence-electron chi connectivity index (χ3n) is 2.77. The normalized spacial score (nSPS) is 11.0. The number of rotatable bonds is 2. The lowest BCUT2D eigenvalue weighted by atomic mass is 10.2. The van der Waals surface area contributed by atoms with E-state index in [2.05, 4.69) is 10.1 Å². The van der Waals surface area contributed by atoms with Gasteiger partial charge in [0.25, 0.3) is 0 Å². The Labute approximate surface area is 109 Å². The van der Waals surface area contributed by atoms with Gasteiger partial charge in [-0.3, -0.25) is 0 Å². The number of benzene rings is 1. The van der Waals surface area contributed by atoms with Gasteiger partial charge in [-0.15, -0.1) is 5.10 Å². The number of nitrogens with two attached hydrogens (primary N) is 1. The van der Waals surface area contributed by atoms with E-state index in [0.29, 0.717) is 17.4 Å². The fraction of sp³-hybridized carbons (Fsp3) is 0.0769. The predicted molar refractivity (Wildman–Crippen MR) is 71.3 cm³/mol. The third kappa shape index (κ3) is 1.85. The molecule has 0 saturated carbocycles. The summed E-state index contributed by atoms with van der Waals surface area (Å²) in [4.78, 5) is 4.51. The van der Waals surface area contributed by atoms with Crippen molar-refractivity contribution >= 4 is 17.2 Å². The molecular formula is C13H11ClN4. The SMILES string of the molecule is NCc1cccn2nc(-c3ccc(Cl)cc3)nc12. The molecule has 1 aromatic carbocycles. The maximum absolute atomic E-state index is 5.86. The highest BCUT2D eigenvalue weighted by molar-refractivity contribution is 6.30. The van der Waals surface area contributed by atoms with Gasteiger partial charge in [-0.1, -0.05) is 17.7 Å². The lowest BCUT2D eigenvalue weighted by Gasteiger charge is -1.96.